The fourth-order valence-electron chi connectivity index (χ4n) is 2.52. The van der Waals surface area contributed by atoms with Crippen molar-refractivity contribution < 1.29 is 9.53 Å². The number of rotatable bonds is 2. The van der Waals surface area contributed by atoms with E-state index in [1.54, 1.807) is 0 Å². The average Bonchev–Trinajstić information content (AvgIpc) is 2.45. The van der Waals surface area contributed by atoms with Gasteiger partial charge < -0.3 is 10.1 Å². The maximum Gasteiger partial charge on any atom is 0.410 e. The molecule has 1 N–H and O–H groups in total. The molecule has 2 rings (SSSR count). The largest absolute Gasteiger partial charge is 0.444 e. The first-order valence-electron chi connectivity index (χ1n) is 7.34. The summed E-state index contributed by atoms with van der Waals surface area (Å²) in [5.41, 5.74) is 1.68. The smallest absolute Gasteiger partial charge is 0.410 e. The van der Waals surface area contributed by atoms with E-state index in [0.29, 0.717) is 6.54 Å². The summed E-state index contributed by atoms with van der Waals surface area (Å²) >= 11 is 0. The number of piperazine rings is 1. The predicted octanol–water partition coefficient (Wildman–Crippen LogP) is 3.21. The lowest BCUT2D eigenvalue weighted by Crippen LogP contribution is -2.50. The van der Waals surface area contributed by atoms with Crippen LogP contribution in [0.4, 0.5) is 4.79 Å². The van der Waals surface area contributed by atoms with Gasteiger partial charge in [0, 0.05) is 19.6 Å². The molecule has 1 aliphatic rings. The topological polar surface area (TPSA) is 41.6 Å². The molecule has 1 amide bonds. The molecular weight excluding hydrogens is 264 g/mol. The van der Waals surface area contributed by atoms with E-state index in [9.17, 15) is 4.79 Å². The van der Waals surface area contributed by atoms with E-state index in [1.807, 2.05) is 56.0 Å². The van der Waals surface area contributed by atoms with Gasteiger partial charge in [-0.3, -0.25) is 4.90 Å². The SMILES string of the molecule is C=Cc1ccccc1C1CNCCN1C(=O)OC(C)(C)C. The van der Waals surface area contributed by atoms with Crippen LogP contribution < -0.4 is 5.32 Å². The minimum absolute atomic E-state index is 0.0252. The van der Waals surface area contributed by atoms with Crippen LogP contribution in [0.25, 0.3) is 6.08 Å². The van der Waals surface area contributed by atoms with E-state index in [-0.39, 0.29) is 12.1 Å². The third-order valence-electron chi connectivity index (χ3n) is 3.45. The number of carbonyl (C=O) groups excluding carboxylic acids is 1. The Morgan fingerprint density at radius 2 is 2.14 bits per heavy atom. The Hall–Kier alpha value is -1.81. The Morgan fingerprint density at radius 1 is 1.43 bits per heavy atom. The second-order valence-electron chi connectivity index (χ2n) is 6.23. The number of carbonyl (C=O) groups is 1. The summed E-state index contributed by atoms with van der Waals surface area (Å²) in [4.78, 5) is 14.3. The highest BCUT2D eigenvalue weighted by Crippen LogP contribution is 2.27. The molecule has 1 heterocycles. The Balaban J connectivity index is 2.27. The zero-order valence-corrected chi connectivity index (χ0v) is 13.1. The molecule has 21 heavy (non-hydrogen) atoms. The molecule has 1 fully saturated rings. The zero-order chi connectivity index (χ0) is 15.5. The van der Waals surface area contributed by atoms with Gasteiger partial charge in [0.2, 0.25) is 0 Å². The maximum absolute atomic E-state index is 12.4. The number of ether oxygens (including phenoxy) is 1. The van der Waals surface area contributed by atoms with E-state index in [0.717, 1.165) is 24.2 Å². The highest BCUT2D eigenvalue weighted by atomic mass is 16.6. The zero-order valence-electron chi connectivity index (χ0n) is 13.1. The van der Waals surface area contributed by atoms with Gasteiger partial charge in [-0.1, -0.05) is 36.9 Å². The van der Waals surface area contributed by atoms with Crippen molar-refractivity contribution in [2.24, 2.45) is 0 Å². The third kappa shape index (κ3) is 3.85. The molecule has 0 aromatic heterocycles. The molecule has 1 aliphatic heterocycles. The number of nitrogens with zero attached hydrogens (tertiary/aromatic N) is 1. The van der Waals surface area contributed by atoms with E-state index >= 15 is 0 Å². The average molecular weight is 288 g/mol. The molecule has 0 spiro atoms. The number of hydrogen-bond acceptors (Lipinski definition) is 3. The van der Waals surface area contributed by atoms with Crippen molar-refractivity contribution in [2.75, 3.05) is 19.6 Å². The van der Waals surface area contributed by atoms with Crippen LogP contribution in [-0.2, 0) is 4.74 Å². The molecule has 0 bridgehead atoms. The fraction of sp³-hybridized carbons (Fsp3) is 0.471. The van der Waals surface area contributed by atoms with Crippen molar-refractivity contribution in [1.29, 1.82) is 0 Å². The molecule has 4 nitrogen and oxygen atoms in total. The summed E-state index contributed by atoms with van der Waals surface area (Å²) in [6.07, 6.45) is 1.57. The summed E-state index contributed by atoms with van der Waals surface area (Å²) in [6.45, 7) is 11.7. The molecule has 1 unspecified atom stereocenters. The summed E-state index contributed by atoms with van der Waals surface area (Å²) < 4.78 is 5.54. The quantitative estimate of drug-likeness (QED) is 0.908. The molecule has 1 atom stereocenters. The first-order chi connectivity index (χ1) is 9.92. The van der Waals surface area contributed by atoms with Crippen LogP contribution in [0.1, 0.15) is 37.9 Å². The second kappa shape index (κ2) is 6.31. The normalized spacial score (nSPS) is 19.2. The Kier molecular flexibility index (Phi) is 4.68. The highest BCUT2D eigenvalue weighted by molar-refractivity contribution is 5.69. The van der Waals surface area contributed by atoms with Gasteiger partial charge in [0.25, 0.3) is 0 Å². The summed E-state index contributed by atoms with van der Waals surface area (Å²) in [5, 5.41) is 3.35. The molecule has 0 aliphatic carbocycles. The molecule has 4 heteroatoms. The van der Waals surface area contributed by atoms with Gasteiger partial charge in [0.05, 0.1) is 6.04 Å². The number of amides is 1. The van der Waals surface area contributed by atoms with Crippen molar-refractivity contribution in [3.8, 4) is 0 Å². The summed E-state index contributed by atoms with van der Waals surface area (Å²) in [5.74, 6) is 0. The fourth-order valence-corrected chi connectivity index (χ4v) is 2.52. The standard InChI is InChI=1S/C17H24N2O2/c1-5-13-8-6-7-9-14(13)15-12-18-10-11-19(15)16(20)21-17(2,3)4/h5-9,15,18H,1,10-12H2,2-4H3. The lowest BCUT2D eigenvalue weighted by Gasteiger charge is -2.38. The lowest BCUT2D eigenvalue weighted by molar-refractivity contribution is 0.0118. The van der Waals surface area contributed by atoms with E-state index in [2.05, 4.69) is 11.9 Å². The van der Waals surface area contributed by atoms with Gasteiger partial charge in [-0.2, -0.15) is 0 Å². The van der Waals surface area contributed by atoms with Crippen LogP contribution in [0, 0.1) is 0 Å². The molecular formula is C17H24N2O2. The van der Waals surface area contributed by atoms with Crippen LogP contribution in [0.2, 0.25) is 0 Å². The van der Waals surface area contributed by atoms with Crippen LogP contribution in [-0.4, -0.2) is 36.2 Å². The molecule has 0 saturated carbocycles. The minimum atomic E-state index is -0.482. The van der Waals surface area contributed by atoms with E-state index in [4.69, 9.17) is 4.74 Å². The molecule has 0 radical (unpaired) electrons. The Labute approximate surface area is 126 Å². The van der Waals surface area contributed by atoms with Gasteiger partial charge in [-0.05, 0) is 31.9 Å². The summed E-state index contributed by atoms with van der Waals surface area (Å²) in [7, 11) is 0. The van der Waals surface area contributed by atoms with Crippen LogP contribution in [0.3, 0.4) is 0 Å². The van der Waals surface area contributed by atoms with Gasteiger partial charge in [0.15, 0.2) is 0 Å². The van der Waals surface area contributed by atoms with Crippen molar-refractivity contribution in [3.05, 3.63) is 42.0 Å². The molecule has 1 aromatic rings. The maximum atomic E-state index is 12.4. The Morgan fingerprint density at radius 3 is 2.81 bits per heavy atom. The van der Waals surface area contributed by atoms with Gasteiger partial charge in [-0.25, -0.2) is 4.79 Å². The minimum Gasteiger partial charge on any atom is -0.444 e. The van der Waals surface area contributed by atoms with Gasteiger partial charge >= 0.3 is 6.09 Å². The van der Waals surface area contributed by atoms with E-state index < -0.39 is 5.60 Å². The second-order valence-corrected chi connectivity index (χ2v) is 6.23. The van der Waals surface area contributed by atoms with Crippen molar-refractivity contribution >= 4 is 12.2 Å². The first kappa shape index (κ1) is 15.6. The van der Waals surface area contributed by atoms with Gasteiger partial charge in [0.1, 0.15) is 5.60 Å². The number of hydrogen-bond donors (Lipinski definition) is 1. The summed E-state index contributed by atoms with van der Waals surface area (Å²) in [6, 6.07) is 8.01. The number of benzene rings is 1. The van der Waals surface area contributed by atoms with Crippen molar-refractivity contribution in [3.63, 3.8) is 0 Å². The third-order valence-corrected chi connectivity index (χ3v) is 3.45. The van der Waals surface area contributed by atoms with Crippen LogP contribution in [0.5, 0.6) is 0 Å². The van der Waals surface area contributed by atoms with E-state index in [1.165, 1.54) is 0 Å². The van der Waals surface area contributed by atoms with Crippen LogP contribution >= 0.6 is 0 Å². The van der Waals surface area contributed by atoms with Gasteiger partial charge in [-0.15, -0.1) is 0 Å². The Bertz CT molecular complexity index is 520. The molecule has 1 saturated heterocycles. The molecule has 1 aromatic carbocycles. The van der Waals surface area contributed by atoms with Crippen molar-refractivity contribution in [2.45, 2.75) is 32.4 Å². The lowest BCUT2D eigenvalue weighted by atomic mass is 9.98. The predicted molar refractivity (Wildman–Crippen MR) is 85.1 cm³/mol. The highest BCUT2D eigenvalue weighted by Gasteiger charge is 2.32. The van der Waals surface area contributed by atoms with Crippen molar-refractivity contribution in [1.82, 2.24) is 10.2 Å². The number of nitrogens with one attached hydrogen (secondary N) is 1. The van der Waals surface area contributed by atoms with Crippen LogP contribution in [0.15, 0.2) is 30.8 Å². The first-order valence-corrected chi connectivity index (χ1v) is 7.34. The molecule has 114 valence electrons. The monoisotopic (exact) mass is 288 g/mol.